The Balaban J connectivity index is 1.91. The Hall–Kier alpha value is -2.75. The van der Waals surface area contributed by atoms with Crippen LogP contribution in [0.4, 0.5) is 0 Å². The molecule has 0 heterocycles. The summed E-state index contributed by atoms with van der Waals surface area (Å²) in [4.78, 5) is 25.2. The summed E-state index contributed by atoms with van der Waals surface area (Å²) < 4.78 is 0. The van der Waals surface area contributed by atoms with Crippen molar-refractivity contribution in [2.45, 2.75) is 17.9 Å². The highest BCUT2D eigenvalue weighted by molar-refractivity contribution is 6.04. The summed E-state index contributed by atoms with van der Waals surface area (Å²) in [6.45, 7) is 0. The number of rotatable bonds is 4. The first-order chi connectivity index (χ1) is 11.7. The van der Waals surface area contributed by atoms with E-state index in [0.717, 1.165) is 5.56 Å². The Kier molecular flexibility index (Phi) is 3.34. The van der Waals surface area contributed by atoms with Crippen LogP contribution in [0.5, 0.6) is 0 Å². The molecule has 1 saturated carbocycles. The summed E-state index contributed by atoms with van der Waals surface area (Å²) in [7, 11) is 0. The average molecular weight is 319 g/mol. The van der Waals surface area contributed by atoms with Crippen LogP contribution in [-0.2, 0) is 0 Å². The molecule has 0 unspecified atom stereocenters. The van der Waals surface area contributed by atoms with E-state index in [1.54, 1.807) is 24.3 Å². The summed E-state index contributed by atoms with van der Waals surface area (Å²) in [5, 5.41) is 12.3. The first-order valence-electron chi connectivity index (χ1n) is 8.13. The van der Waals surface area contributed by atoms with Crippen molar-refractivity contribution in [3.8, 4) is 0 Å². The van der Waals surface area contributed by atoms with Gasteiger partial charge < -0.3 is 0 Å². The number of carbonyl (C=O) groups excluding carboxylic acids is 1. The maximum absolute atomic E-state index is 13.3. The number of nitrogens with zero attached hydrogens (tertiary/aromatic N) is 1. The van der Waals surface area contributed by atoms with Crippen LogP contribution in [0.1, 0.15) is 28.3 Å². The SMILES string of the molecule is O=C(c1ccccc1)[C@@]1([N+](=O)[O-])[C@@H]2C=C[C@@H](C2)[C@H]1c1ccccc1. The third-order valence-corrected chi connectivity index (χ3v) is 5.44. The molecular weight excluding hydrogens is 302 g/mol. The Labute approximate surface area is 140 Å². The summed E-state index contributed by atoms with van der Waals surface area (Å²) >= 11 is 0. The van der Waals surface area contributed by atoms with Gasteiger partial charge in [-0.25, -0.2) is 0 Å². The van der Waals surface area contributed by atoms with Crippen LogP contribution in [0.2, 0.25) is 0 Å². The predicted molar refractivity (Wildman–Crippen MR) is 90.4 cm³/mol. The summed E-state index contributed by atoms with van der Waals surface area (Å²) in [5.41, 5.74) is -0.325. The Bertz CT molecular complexity index is 815. The zero-order valence-electron chi connectivity index (χ0n) is 13.0. The summed E-state index contributed by atoms with van der Waals surface area (Å²) in [5.74, 6) is -1.11. The van der Waals surface area contributed by atoms with E-state index in [4.69, 9.17) is 0 Å². The number of allylic oxidation sites excluding steroid dienone is 1. The molecule has 24 heavy (non-hydrogen) atoms. The van der Waals surface area contributed by atoms with Gasteiger partial charge >= 0.3 is 0 Å². The largest absolute Gasteiger partial charge is 0.297 e. The maximum atomic E-state index is 13.3. The molecule has 0 aromatic heterocycles. The number of nitro groups is 1. The fourth-order valence-corrected chi connectivity index (χ4v) is 4.48. The molecule has 0 N–H and O–H groups in total. The first-order valence-corrected chi connectivity index (χ1v) is 8.13. The van der Waals surface area contributed by atoms with E-state index >= 15 is 0 Å². The first kappa shape index (κ1) is 14.8. The lowest BCUT2D eigenvalue weighted by Crippen LogP contribution is -2.54. The Morgan fingerprint density at radius 2 is 1.62 bits per heavy atom. The highest BCUT2D eigenvalue weighted by atomic mass is 16.6. The van der Waals surface area contributed by atoms with Crippen LogP contribution < -0.4 is 0 Å². The number of hydrogen-bond donors (Lipinski definition) is 0. The minimum atomic E-state index is -1.61. The van der Waals surface area contributed by atoms with Crippen molar-refractivity contribution in [1.82, 2.24) is 0 Å². The lowest BCUT2D eigenvalue weighted by atomic mass is 9.69. The molecule has 2 aliphatic rings. The van der Waals surface area contributed by atoms with Gasteiger partial charge in [0.1, 0.15) is 0 Å². The van der Waals surface area contributed by atoms with Crippen LogP contribution in [-0.4, -0.2) is 16.2 Å². The number of Topliss-reactive ketones (excluding diaryl/α,β-unsaturated/α-hetero) is 1. The third kappa shape index (κ3) is 1.89. The van der Waals surface area contributed by atoms with Crippen LogP contribution in [0.25, 0.3) is 0 Å². The molecule has 120 valence electrons. The molecule has 0 spiro atoms. The minimum absolute atomic E-state index is 0.0375. The quantitative estimate of drug-likeness (QED) is 0.372. The second-order valence-electron chi connectivity index (χ2n) is 6.56. The molecule has 2 aliphatic carbocycles. The molecule has 4 atom stereocenters. The molecular formula is C20H17NO3. The number of ketones is 1. The smallest absolute Gasteiger partial charge is 0.286 e. The van der Waals surface area contributed by atoms with E-state index in [1.807, 2.05) is 48.6 Å². The maximum Gasteiger partial charge on any atom is 0.297 e. The van der Waals surface area contributed by atoms with Crippen molar-refractivity contribution in [2.75, 3.05) is 0 Å². The van der Waals surface area contributed by atoms with Gasteiger partial charge in [-0.2, -0.15) is 0 Å². The van der Waals surface area contributed by atoms with Gasteiger partial charge in [-0.15, -0.1) is 0 Å². The van der Waals surface area contributed by atoms with Crippen molar-refractivity contribution >= 4 is 5.78 Å². The van der Waals surface area contributed by atoms with Gasteiger partial charge in [0.05, 0.1) is 11.8 Å². The highest BCUT2D eigenvalue weighted by Crippen LogP contribution is 2.57. The molecule has 2 aromatic rings. The summed E-state index contributed by atoms with van der Waals surface area (Å²) in [6.07, 6.45) is 4.58. The molecule has 0 amide bonds. The van der Waals surface area contributed by atoms with Crippen LogP contribution in [0.3, 0.4) is 0 Å². The van der Waals surface area contributed by atoms with E-state index in [0.29, 0.717) is 12.0 Å². The fourth-order valence-electron chi connectivity index (χ4n) is 4.48. The van der Waals surface area contributed by atoms with Gasteiger partial charge in [-0.05, 0) is 17.9 Å². The number of fused-ring (bicyclic) bond motifs is 2. The van der Waals surface area contributed by atoms with Crippen molar-refractivity contribution in [1.29, 1.82) is 0 Å². The van der Waals surface area contributed by atoms with Gasteiger partial charge in [-0.1, -0.05) is 72.8 Å². The third-order valence-electron chi connectivity index (χ3n) is 5.44. The lowest BCUT2D eigenvalue weighted by Gasteiger charge is -2.33. The van der Waals surface area contributed by atoms with Crippen molar-refractivity contribution < 1.29 is 9.72 Å². The van der Waals surface area contributed by atoms with Crippen LogP contribution in [0.15, 0.2) is 72.8 Å². The standard InChI is InChI=1S/C20H17NO3/c22-19(15-9-5-2-6-10-15)20(21(23)24)17-12-11-16(13-17)18(20)14-7-3-1-4-8-14/h1-12,16-18H,13H2/t16-,17+,18+,20+/m0/s1. The van der Waals surface area contributed by atoms with E-state index in [-0.39, 0.29) is 22.5 Å². The Morgan fingerprint density at radius 1 is 1.00 bits per heavy atom. The molecule has 1 fully saturated rings. The topological polar surface area (TPSA) is 60.2 Å². The van der Waals surface area contributed by atoms with Gasteiger partial charge in [0.25, 0.3) is 5.54 Å². The van der Waals surface area contributed by atoms with E-state index in [2.05, 4.69) is 0 Å². The summed E-state index contributed by atoms with van der Waals surface area (Å²) in [6, 6.07) is 18.1. The normalized spacial score (nSPS) is 30.4. The lowest BCUT2D eigenvalue weighted by molar-refractivity contribution is -0.558. The molecule has 0 radical (unpaired) electrons. The number of hydrogen-bond acceptors (Lipinski definition) is 3. The molecule has 4 heteroatoms. The van der Waals surface area contributed by atoms with Crippen LogP contribution in [0, 0.1) is 22.0 Å². The predicted octanol–water partition coefficient (Wildman–Crippen LogP) is 3.87. The number of benzene rings is 2. The molecule has 0 saturated heterocycles. The molecule has 4 rings (SSSR count). The van der Waals surface area contributed by atoms with Crippen molar-refractivity contribution in [2.24, 2.45) is 11.8 Å². The number of carbonyl (C=O) groups is 1. The molecule has 4 nitrogen and oxygen atoms in total. The average Bonchev–Trinajstić information content (AvgIpc) is 3.22. The molecule has 2 aromatic carbocycles. The van der Waals surface area contributed by atoms with Crippen LogP contribution >= 0.6 is 0 Å². The highest BCUT2D eigenvalue weighted by Gasteiger charge is 2.70. The van der Waals surface area contributed by atoms with Gasteiger partial charge in [0, 0.05) is 10.5 Å². The molecule has 0 aliphatic heterocycles. The molecule has 2 bridgehead atoms. The van der Waals surface area contributed by atoms with Gasteiger partial charge in [-0.3, -0.25) is 14.9 Å². The Morgan fingerprint density at radius 3 is 2.25 bits per heavy atom. The van der Waals surface area contributed by atoms with E-state index in [9.17, 15) is 14.9 Å². The van der Waals surface area contributed by atoms with E-state index in [1.165, 1.54) is 0 Å². The van der Waals surface area contributed by atoms with Crippen molar-refractivity contribution in [3.63, 3.8) is 0 Å². The second kappa shape index (κ2) is 5.41. The minimum Gasteiger partial charge on any atom is -0.286 e. The van der Waals surface area contributed by atoms with Gasteiger partial charge in [0.15, 0.2) is 0 Å². The fraction of sp³-hybridized carbons (Fsp3) is 0.250. The van der Waals surface area contributed by atoms with E-state index < -0.39 is 11.5 Å². The zero-order valence-corrected chi connectivity index (χ0v) is 13.0. The monoisotopic (exact) mass is 319 g/mol. The zero-order chi connectivity index (χ0) is 16.7. The van der Waals surface area contributed by atoms with Crippen molar-refractivity contribution in [3.05, 3.63) is 94.1 Å². The van der Waals surface area contributed by atoms with Gasteiger partial charge in [0.2, 0.25) is 5.78 Å². The second-order valence-corrected chi connectivity index (χ2v) is 6.56.